The Morgan fingerprint density at radius 2 is 2.21 bits per heavy atom. The highest BCUT2D eigenvalue weighted by Crippen LogP contribution is 2.10. The molecule has 1 atom stereocenters. The number of aliphatic carboxylic acids is 1. The normalized spacial score (nSPS) is 13.5. The molecule has 1 unspecified atom stereocenters. The molecule has 1 N–H and O–H groups in total. The fourth-order valence-corrected chi connectivity index (χ4v) is 1.35. The van der Waals surface area contributed by atoms with Gasteiger partial charge in [0.25, 0.3) is 10.1 Å². The lowest BCUT2D eigenvalue weighted by atomic mass is 10.0. The average Bonchev–Trinajstić information content (AvgIpc) is 1.98. The van der Waals surface area contributed by atoms with Crippen LogP contribution < -0.4 is 0 Å². The van der Waals surface area contributed by atoms with E-state index in [1.165, 1.54) is 0 Å². The molecule has 0 aliphatic heterocycles. The molecule has 0 aromatic carbocycles. The van der Waals surface area contributed by atoms with Crippen molar-refractivity contribution in [2.45, 2.75) is 12.8 Å². The standard InChI is InChI=1S/C8H14O5S/c1-3-4-7(5-8(9)10)6-13-14(2,11)12/h3,7H,1,4-6H2,2H3,(H,9,10). The van der Waals surface area contributed by atoms with E-state index >= 15 is 0 Å². The van der Waals surface area contributed by atoms with Gasteiger partial charge < -0.3 is 5.11 Å². The lowest BCUT2D eigenvalue weighted by Crippen LogP contribution is -2.16. The first-order valence-electron chi connectivity index (χ1n) is 4.02. The highest BCUT2D eigenvalue weighted by atomic mass is 32.2. The zero-order valence-electron chi connectivity index (χ0n) is 7.97. The van der Waals surface area contributed by atoms with Gasteiger partial charge in [0.2, 0.25) is 0 Å². The molecule has 0 saturated heterocycles. The minimum Gasteiger partial charge on any atom is -0.481 e. The number of carboxylic acid groups (broad SMARTS) is 1. The molecule has 0 aliphatic carbocycles. The van der Waals surface area contributed by atoms with Crippen LogP contribution in [0.1, 0.15) is 12.8 Å². The Kier molecular flexibility index (Phi) is 5.40. The van der Waals surface area contributed by atoms with Gasteiger partial charge in [0.15, 0.2) is 0 Å². The second-order valence-corrected chi connectivity index (χ2v) is 4.62. The highest BCUT2D eigenvalue weighted by Gasteiger charge is 2.14. The molecule has 82 valence electrons. The number of carboxylic acids is 1. The molecule has 0 aliphatic rings. The van der Waals surface area contributed by atoms with Crippen LogP contribution in [0, 0.1) is 5.92 Å². The SMILES string of the molecule is C=CCC(COS(C)(=O)=O)CC(=O)O. The van der Waals surface area contributed by atoms with Gasteiger partial charge in [-0.15, -0.1) is 6.58 Å². The second kappa shape index (κ2) is 5.77. The Balaban J connectivity index is 4.09. The van der Waals surface area contributed by atoms with Crippen molar-refractivity contribution in [3.05, 3.63) is 12.7 Å². The first-order chi connectivity index (χ1) is 6.35. The molecule has 0 aromatic heterocycles. The molecule has 0 saturated carbocycles. The van der Waals surface area contributed by atoms with Gasteiger partial charge in [0.1, 0.15) is 0 Å². The van der Waals surface area contributed by atoms with Crippen LogP contribution in [0.3, 0.4) is 0 Å². The van der Waals surface area contributed by atoms with Crippen LogP contribution in [0.25, 0.3) is 0 Å². The number of allylic oxidation sites excluding steroid dienone is 1. The third-order valence-electron chi connectivity index (χ3n) is 1.48. The zero-order valence-corrected chi connectivity index (χ0v) is 8.79. The summed E-state index contributed by atoms with van der Waals surface area (Å²) in [5.74, 6) is -1.33. The molecule has 0 bridgehead atoms. The molecule has 0 radical (unpaired) electrons. The fourth-order valence-electron chi connectivity index (χ4n) is 0.913. The van der Waals surface area contributed by atoms with E-state index in [0.29, 0.717) is 6.42 Å². The minimum atomic E-state index is -3.50. The predicted molar refractivity (Wildman–Crippen MR) is 51.4 cm³/mol. The van der Waals surface area contributed by atoms with Gasteiger partial charge in [-0.1, -0.05) is 6.08 Å². The van der Waals surface area contributed by atoms with Crippen molar-refractivity contribution in [3.63, 3.8) is 0 Å². The lowest BCUT2D eigenvalue weighted by molar-refractivity contribution is -0.138. The summed E-state index contributed by atoms with van der Waals surface area (Å²) in [5, 5.41) is 8.50. The monoisotopic (exact) mass is 222 g/mol. The van der Waals surface area contributed by atoms with Gasteiger partial charge in [-0.25, -0.2) is 0 Å². The van der Waals surface area contributed by atoms with E-state index < -0.39 is 16.1 Å². The third kappa shape index (κ3) is 7.75. The van der Waals surface area contributed by atoms with Gasteiger partial charge in [0.05, 0.1) is 19.3 Å². The first-order valence-corrected chi connectivity index (χ1v) is 5.84. The molecule has 0 aromatic rings. The molecule has 0 heterocycles. The van der Waals surface area contributed by atoms with E-state index in [2.05, 4.69) is 10.8 Å². The maximum absolute atomic E-state index is 10.6. The Morgan fingerprint density at radius 1 is 1.64 bits per heavy atom. The molecule has 0 fully saturated rings. The van der Waals surface area contributed by atoms with Crippen LogP contribution in [-0.2, 0) is 19.1 Å². The Hall–Kier alpha value is -0.880. The summed E-state index contributed by atoms with van der Waals surface area (Å²) >= 11 is 0. The predicted octanol–water partition coefficient (Wildman–Crippen LogP) is 0.630. The molecular formula is C8H14O5S. The third-order valence-corrected chi connectivity index (χ3v) is 2.05. The molecule has 0 spiro atoms. The van der Waals surface area contributed by atoms with E-state index in [-0.39, 0.29) is 18.9 Å². The van der Waals surface area contributed by atoms with Crippen molar-refractivity contribution < 1.29 is 22.5 Å². The summed E-state index contributed by atoms with van der Waals surface area (Å²) in [6.45, 7) is 3.34. The molecule has 0 rings (SSSR count). The lowest BCUT2D eigenvalue weighted by Gasteiger charge is -2.11. The van der Waals surface area contributed by atoms with E-state index in [1.54, 1.807) is 6.08 Å². The van der Waals surface area contributed by atoms with E-state index in [9.17, 15) is 13.2 Å². The van der Waals surface area contributed by atoms with Crippen molar-refractivity contribution in [3.8, 4) is 0 Å². The van der Waals surface area contributed by atoms with Gasteiger partial charge in [-0.3, -0.25) is 8.98 Å². The van der Waals surface area contributed by atoms with Crippen LogP contribution in [-0.4, -0.2) is 32.4 Å². The summed E-state index contributed by atoms with van der Waals surface area (Å²) in [5.41, 5.74) is 0. The Bertz CT molecular complexity index is 293. The topological polar surface area (TPSA) is 80.7 Å². The molecule has 6 heteroatoms. The summed E-state index contributed by atoms with van der Waals surface area (Å²) in [7, 11) is -3.50. The quantitative estimate of drug-likeness (QED) is 0.504. The van der Waals surface area contributed by atoms with Gasteiger partial charge in [-0.05, 0) is 12.3 Å². The number of rotatable bonds is 7. The molecule has 14 heavy (non-hydrogen) atoms. The zero-order chi connectivity index (χ0) is 11.2. The molecule has 5 nitrogen and oxygen atoms in total. The number of hydrogen-bond acceptors (Lipinski definition) is 4. The minimum absolute atomic E-state index is 0.114. The van der Waals surface area contributed by atoms with Crippen molar-refractivity contribution in [2.75, 3.05) is 12.9 Å². The van der Waals surface area contributed by atoms with Gasteiger partial charge >= 0.3 is 5.97 Å². The van der Waals surface area contributed by atoms with Crippen molar-refractivity contribution in [1.29, 1.82) is 0 Å². The Labute approximate surface area is 83.5 Å². The fraction of sp³-hybridized carbons (Fsp3) is 0.625. The van der Waals surface area contributed by atoms with Gasteiger partial charge in [0, 0.05) is 0 Å². The van der Waals surface area contributed by atoms with E-state index in [4.69, 9.17) is 5.11 Å². The van der Waals surface area contributed by atoms with Crippen LogP contribution in [0.4, 0.5) is 0 Å². The van der Waals surface area contributed by atoms with Crippen molar-refractivity contribution >= 4 is 16.1 Å². The Morgan fingerprint density at radius 3 is 2.57 bits per heavy atom. The highest BCUT2D eigenvalue weighted by molar-refractivity contribution is 7.85. The largest absolute Gasteiger partial charge is 0.481 e. The van der Waals surface area contributed by atoms with Crippen LogP contribution in [0.2, 0.25) is 0 Å². The van der Waals surface area contributed by atoms with Crippen molar-refractivity contribution in [2.24, 2.45) is 5.92 Å². The second-order valence-electron chi connectivity index (χ2n) is 2.98. The summed E-state index contributed by atoms with van der Waals surface area (Å²) < 4.78 is 25.8. The number of hydrogen-bond donors (Lipinski definition) is 1. The average molecular weight is 222 g/mol. The van der Waals surface area contributed by atoms with Crippen LogP contribution >= 0.6 is 0 Å². The van der Waals surface area contributed by atoms with E-state index in [0.717, 1.165) is 6.26 Å². The maximum atomic E-state index is 10.6. The summed E-state index contributed by atoms with van der Waals surface area (Å²) in [6, 6.07) is 0. The van der Waals surface area contributed by atoms with E-state index in [1.807, 2.05) is 0 Å². The molecule has 0 amide bonds. The maximum Gasteiger partial charge on any atom is 0.303 e. The van der Waals surface area contributed by atoms with Crippen LogP contribution in [0.15, 0.2) is 12.7 Å². The summed E-state index contributed by atoms with van der Waals surface area (Å²) in [4.78, 5) is 10.4. The van der Waals surface area contributed by atoms with Crippen molar-refractivity contribution in [1.82, 2.24) is 0 Å². The number of carbonyl (C=O) groups is 1. The smallest absolute Gasteiger partial charge is 0.303 e. The summed E-state index contributed by atoms with van der Waals surface area (Å²) in [6.07, 6.45) is 2.77. The first kappa shape index (κ1) is 13.1. The van der Waals surface area contributed by atoms with Gasteiger partial charge in [-0.2, -0.15) is 8.42 Å². The van der Waals surface area contributed by atoms with Crippen LogP contribution in [0.5, 0.6) is 0 Å². The molecular weight excluding hydrogens is 208 g/mol.